The summed E-state index contributed by atoms with van der Waals surface area (Å²) in [5.74, 6) is 0. The first-order chi connectivity index (χ1) is 8.27. The fourth-order valence-electron chi connectivity index (χ4n) is 2.09. The second kappa shape index (κ2) is 8.20. The van der Waals surface area contributed by atoms with Gasteiger partial charge in [0.25, 0.3) is 0 Å². The topological polar surface area (TPSA) is 28.2 Å². The van der Waals surface area contributed by atoms with Gasteiger partial charge in [-0.15, -0.1) is 0 Å². The molecule has 0 atom stereocenters. The van der Waals surface area contributed by atoms with E-state index in [1.165, 1.54) is 18.4 Å². The molecular formula is C14H25N3. The smallest absolute Gasteiger partial charge is 0.0312 e. The van der Waals surface area contributed by atoms with Gasteiger partial charge >= 0.3 is 0 Å². The van der Waals surface area contributed by atoms with Crippen LogP contribution in [-0.4, -0.2) is 36.1 Å². The molecule has 0 fully saturated rings. The van der Waals surface area contributed by atoms with Crippen molar-refractivity contribution in [2.75, 3.05) is 20.1 Å². The Balaban J connectivity index is 2.16. The molecule has 96 valence electrons. The molecule has 0 amide bonds. The van der Waals surface area contributed by atoms with Gasteiger partial charge in [-0.1, -0.05) is 19.9 Å². The second-order valence-electron chi connectivity index (χ2n) is 4.49. The highest BCUT2D eigenvalue weighted by molar-refractivity contribution is 5.07. The molecule has 0 saturated heterocycles. The van der Waals surface area contributed by atoms with Crippen molar-refractivity contribution in [2.24, 2.45) is 0 Å². The van der Waals surface area contributed by atoms with E-state index in [1.54, 1.807) is 0 Å². The van der Waals surface area contributed by atoms with Gasteiger partial charge in [0.2, 0.25) is 0 Å². The van der Waals surface area contributed by atoms with E-state index >= 15 is 0 Å². The molecule has 17 heavy (non-hydrogen) atoms. The normalized spacial score (nSPS) is 11.4. The van der Waals surface area contributed by atoms with E-state index in [9.17, 15) is 0 Å². The molecule has 0 aliphatic rings. The average molecular weight is 235 g/mol. The predicted molar refractivity (Wildman–Crippen MR) is 72.9 cm³/mol. The predicted octanol–water partition coefficient (Wildman–Crippen LogP) is 2.29. The van der Waals surface area contributed by atoms with Crippen LogP contribution in [0, 0.1) is 0 Å². The quantitative estimate of drug-likeness (QED) is 0.701. The van der Waals surface area contributed by atoms with Crippen molar-refractivity contribution < 1.29 is 0 Å². The summed E-state index contributed by atoms with van der Waals surface area (Å²) in [6.07, 6.45) is 6.19. The highest BCUT2D eigenvalue weighted by Crippen LogP contribution is 2.04. The maximum Gasteiger partial charge on any atom is 0.0312 e. The molecule has 0 radical (unpaired) electrons. The molecule has 0 aliphatic heterocycles. The van der Waals surface area contributed by atoms with Crippen LogP contribution in [-0.2, 0) is 6.54 Å². The van der Waals surface area contributed by atoms with E-state index in [2.05, 4.69) is 42.2 Å². The molecule has 1 aromatic rings. The number of rotatable bonds is 8. The van der Waals surface area contributed by atoms with E-state index in [-0.39, 0.29) is 0 Å². The van der Waals surface area contributed by atoms with Gasteiger partial charge in [-0.05, 0) is 31.5 Å². The molecule has 0 bridgehead atoms. The number of nitrogens with zero attached hydrogens (tertiary/aromatic N) is 2. The Morgan fingerprint density at radius 2 is 2.12 bits per heavy atom. The molecular weight excluding hydrogens is 210 g/mol. The standard InChI is InChI=1S/C14H25N3/c1-4-14(5-2)17(3)10-9-16-12-13-7-6-8-15-11-13/h6-8,11,14,16H,4-5,9-10,12H2,1-3H3. The number of hydrogen-bond donors (Lipinski definition) is 1. The van der Waals surface area contributed by atoms with E-state index < -0.39 is 0 Å². The Labute approximate surface area is 105 Å². The third-order valence-corrected chi connectivity index (χ3v) is 3.26. The lowest BCUT2D eigenvalue weighted by atomic mass is 10.1. The average Bonchev–Trinajstić information content (AvgIpc) is 2.37. The third kappa shape index (κ3) is 5.29. The van der Waals surface area contributed by atoms with Gasteiger partial charge in [0.1, 0.15) is 0 Å². The Hall–Kier alpha value is -0.930. The molecule has 1 heterocycles. The molecule has 1 N–H and O–H groups in total. The van der Waals surface area contributed by atoms with Gasteiger partial charge in [0.05, 0.1) is 0 Å². The summed E-state index contributed by atoms with van der Waals surface area (Å²) in [6.45, 7) is 7.56. The van der Waals surface area contributed by atoms with Crippen LogP contribution in [0.15, 0.2) is 24.5 Å². The number of hydrogen-bond acceptors (Lipinski definition) is 3. The van der Waals surface area contributed by atoms with Crippen molar-refractivity contribution in [2.45, 2.75) is 39.3 Å². The van der Waals surface area contributed by atoms with Gasteiger partial charge < -0.3 is 10.2 Å². The number of pyridine rings is 1. The first kappa shape index (κ1) is 14.1. The fraction of sp³-hybridized carbons (Fsp3) is 0.643. The van der Waals surface area contributed by atoms with E-state index in [0.29, 0.717) is 0 Å². The van der Waals surface area contributed by atoms with Crippen molar-refractivity contribution in [1.82, 2.24) is 15.2 Å². The van der Waals surface area contributed by atoms with E-state index in [4.69, 9.17) is 0 Å². The fourth-order valence-corrected chi connectivity index (χ4v) is 2.09. The summed E-state index contributed by atoms with van der Waals surface area (Å²) in [6, 6.07) is 4.80. The molecule has 0 spiro atoms. The minimum Gasteiger partial charge on any atom is -0.311 e. The van der Waals surface area contributed by atoms with Crippen LogP contribution in [0.25, 0.3) is 0 Å². The largest absolute Gasteiger partial charge is 0.311 e. The van der Waals surface area contributed by atoms with E-state index in [1.807, 2.05) is 18.5 Å². The summed E-state index contributed by atoms with van der Waals surface area (Å²) >= 11 is 0. The van der Waals surface area contributed by atoms with Crippen LogP contribution in [0.5, 0.6) is 0 Å². The lowest BCUT2D eigenvalue weighted by Crippen LogP contribution is -2.36. The van der Waals surface area contributed by atoms with Crippen LogP contribution < -0.4 is 5.32 Å². The molecule has 0 saturated carbocycles. The van der Waals surface area contributed by atoms with Gasteiger partial charge in [0.15, 0.2) is 0 Å². The number of likely N-dealkylation sites (N-methyl/N-ethyl adjacent to an activating group) is 1. The Kier molecular flexibility index (Phi) is 6.82. The highest BCUT2D eigenvalue weighted by Gasteiger charge is 2.08. The van der Waals surface area contributed by atoms with Gasteiger partial charge in [-0.2, -0.15) is 0 Å². The summed E-state index contributed by atoms with van der Waals surface area (Å²) in [5.41, 5.74) is 1.25. The SMILES string of the molecule is CCC(CC)N(C)CCNCc1cccnc1. The lowest BCUT2D eigenvalue weighted by molar-refractivity contribution is 0.230. The third-order valence-electron chi connectivity index (χ3n) is 3.26. The maximum absolute atomic E-state index is 4.10. The molecule has 0 unspecified atom stereocenters. The lowest BCUT2D eigenvalue weighted by Gasteiger charge is -2.26. The summed E-state index contributed by atoms with van der Waals surface area (Å²) in [7, 11) is 2.21. The summed E-state index contributed by atoms with van der Waals surface area (Å²) < 4.78 is 0. The zero-order valence-electron chi connectivity index (χ0n) is 11.3. The van der Waals surface area contributed by atoms with Crippen molar-refractivity contribution in [3.63, 3.8) is 0 Å². The molecule has 3 nitrogen and oxygen atoms in total. The summed E-state index contributed by atoms with van der Waals surface area (Å²) in [5, 5.41) is 3.45. The first-order valence-corrected chi connectivity index (χ1v) is 6.57. The molecule has 1 rings (SSSR count). The second-order valence-corrected chi connectivity index (χ2v) is 4.49. The van der Waals surface area contributed by atoms with Crippen molar-refractivity contribution in [3.8, 4) is 0 Å². The zero-order valence-corrected chi connectivity index (χ0v) is 11.3. The van der Waals surface area contributed by atoms with Crippen molar-refractivity contribution in [3.05, 3.63) is 30.1 Å². The molecule has 3 heteroatoms. The van der Waals surface area contributed by atoms with Gasteiger partial charge in [-0.3, -0.25) is 4.98 Å². The minimum atomic E-state index is 0.718. The molecule has 0 aromatic carbocycles. The number of aromatic nitrogens is 1. The van der Waals surface area contributed by atoms with Crippen LogP contribution in [0.1, 0.15) is 32.3 Å². The molecule has 1 aromatic heterocycles. The van der Waals surface area contributed by atoms with Crippen LogP contribution >= 0.6 is 0 Å². The van der Waals surface area contributed by atoms with Crippen LogP contribution in [0.4, 0.5) is 0 Å². The minimum absolute atomic E-state index is 0.718. The monoisotopic (exact) mass is 235 g/mol. The first-order valence-electron chi connectivity index (χ1n) is 6.57. The van der Waals surface area contributed by atoms with Crippen LogP contribution in [0.3, 0.4) is 0 Å². The maximum atomic E-state index is 4.10. The van der Waals surface area contributed by atoms with Crippen molar-refractivity contribution >= 4 is 0 Å². The van der Waals surface area contributed by atoms with Gasteiger partial charge in [0, 0.05) is 38.1 Å². The highest BCUT2D eigenvalue weighted by atomic mass is 15.1. The van der Waals surface area contributed by atoms with E-state index in [0.717, 1.165) is 25.7 Å². The van der Waals surface area contributed by atoms with Gasteiger partial charge in [-0.25, -0.2) is 0 Å². The Morgan fingerprint density at radius 1 is 1.35 bits per heavy atom. The number of nitrogens with one attached hydrogen (secondary N) is 1. The summed E-state index contributed by atoms with van der Waals surface area (Å²) in [4.78, 5) is 6.54. The van der Waals surface area contributed by atoms with Crippen LogP contribution in [0.2, 0.25) is 0 Å². The zero-order chi connectivity index (χ0) is 12.5. The molecule has 0 aliphatic carbocycles. The van der Waals surface area contributed by atoms with Crippen molar-refractivity contribution in [1.29, 1.82) is 0 Å². The Morgan fingerprint density at radius 3 is 2.71 bits per heavy atom. The Bertz CT molecular complexity index is 283.